The van der Waals surface area contributed by atoms with Crippen molar-refractivity contribution in [2.45, 2.75) is 37.6 Å². The second-order valence-electron chi connectivity index (χ2n) is 7.37. The number of carbonyl (C=O) groups excluding carboxylic acids is 1. The molecule has 0 aliphatic rings. The maximum atomic E-state index is 13.3. The third kappa shape index (κ3) is 4.09. The highest BCUT2D eigenvalue weighted by Crippen LogP contribution is 2.33. The van der Waals surface area contributed by atoms with Gasteiger partial charge in [0.2, 0.25) is 0 Å². The number of nitrogens with zero attached hydrogens (tertiary/aromatic N) is 2. The predicted molar refractivity (Wildman–Crippen MR) is 121 cm³/mol. The van der Waals surface area contributed by atoms with Gasteiger partial charge in [0.25, 0.3) is 5.91 Å². The molecule has 4 rings (SSSR count). The van der Waals surface area contributed by atoms with Crippen LogP contribution < -0.4 is 5.32 Å². The molecule has 0 atom stereocenters. The van der Waals surface area contributed by atoms with E-state index >= 15 is 0 Å². The molecule has 0 saturated carbocycles. The van der Waals surface area contributed by atoms with Gasteiger partial charge in [-0.15, -0.1) is 0 Å². The van der Waals surface area contributed by atoms with Crippen LogP contribution in [0.3, 0.4) is 0 Å². The summed E-state index contributed by atoms with van der Waals surface area (Å²) in [5.41, 5.74) is 4.52. The molecule has 5 nitrogen and oxygen atoms in total. The van der Waals surface area contributed by atoms with E-state index in [2.05, 4.69) is 35.2 Å². The number of amides is 1. The summed E-state index contributed by atoms with van der Waals surface area (Å²) in [4.78, 5) is 21.8. The van der Waals surface area contributed by atoms with Crippen molar-refractivity contribution in [2.24, 2.45) is 0 Å². The molecule has 1 amide bonds. The number of nitrogens with one attached hydrogen (secondary N) is 1. The standard InChI is InChI=1S/C24H23N3O2S/c1-15(2)17-10-6-8-16(3)21(17)27-23(28)22-19(14-30-24-25-12-7-13-26-24)18-9-4-5-11-20(18)29-22/h4-13,15H,14H2,1-3H3,(H,27,28). The summed E-state index contributed by atoms with van der Waals surface area (Å²) in [5, 5.41) is 4.70. The average molecular weight is 418 g/mol. The van der Waals surface area contributed by atoms with E-state index in [1.165, 1.54) is 11.8 Å². The Kier molecular flexibility index (Phi) is 5.86. The van der Waals surface area contributed by atoms with Crippen LogP contribution in [0.2, 0.25) is 0 Å². The molecule has 2 heterocycles. The van der Waals surface area contributed by atoms with Crippen LogP contribution in [0, 0.1) is 6.92 Å². The maximum absolute atomic E-state index is 13.3. The first kappa shape index (κ1) is 20.2. The molecular weight excluding hydrogens is 394 g/mol. The molecule has 0 spiro atoms. The summed E-state index contributed by atoms with van der Waals surface area (Å²) < 4.78 is 6.00. The minimum Gasteiger partial charge on any atom is -0.451 e. The van der Waals surface area contributed by atoms with Crippen LogP contribution in [0.25, 0.3) is 11.0 Å². The van der Waals surface area contributed by atoms with Crippen molar-refractivity contribution in [2.75, 3.05) is 5.32 Å². The zero-order valence-corrected chi connectivity index (χ0v) is 18.0. The van der Waals surface area contributed by atoms with Crippen molar-refractivity contribution in [3.05, 3.63) is 83.4 Å². The number of aromatic nitrogens is 2. The Hall–Kier alpha value is -3.12. The van der Waals surface area contributed by atoms with Gasteiger partial charge in [0.15, 0.2) is 10.9 Å². The third-order valence-electron chi connectivity index (χ3n) is 4.96. The molecule has 1 N–H and O–H groups in total. The lowest BCUT2D eigenvalue weighted by Gasteiger charge is -2.16. The van der Waals surface area contributed by atoms with Crippen molar-refractivity contribution in [1.29, 1.82) is 0 Å². The molecule has 2 aromatic heterocycles. The van der Waals surface area contributed by atoms with Crippen LogP contribution in [0.1, 0.15) is 47.0 Å². The number of anilines is 1. The lowest BCUT2D eigenvalue weighted by molar-refractivity contribution is 0.0997. The highest BCUT2D eigenvalue weighted by molar-refractivity contribution is 7.98. The van der Waals surface area contributed by atoms with E-state index in [4.69, 9.17) is 4.42 Å². The van der Waals surface area contributed by atoms with Crippen LogP contribution in [-0.4, -0.2) is 15.9 Å². The monoisotopic (exact) mass is 417 g/mol. The second kappa shape index (κ2) is 8.71. The first-order chi connectivity index (χ1) is 14.5. The van der Waals surface area contributed by atoms with Gasteiger partial charge in [-0.3, -0.25) is 4.79 Å². The van der Waals surface area contributed by atoms with Gasteiger partial charge in [-0.25, -0.2) is 9.97 Å². The number of rotatable bonds is 6. The highest BCUT2D eigenvalue weighted by Gasteiger charge is 2.22. The summed E-state index contributed by atoms with van der Waals surface area (Å²) in [6, 6.07) is 15.6. The zero-order valence-electron chi connectivity index (χ0n) is 17.2. The molecule has 0 aliphatic carbocycles. The third-order valence-corrected chi connectivity index (χ3v) is 5.86. The number of hydrogen-bond donors (Lipinski definition) is 1. The van der Waals surface area contributed by atoms with Gasteiger partial charge < -0.3 is 9.73 Å². The minimum absolute atomic E-state index is 0.244. The van der Waals surface area contributed by atoms with Crippen molar-refractivity contribution in [3.63, 3.8) is 0 Å². The molecule has 152 valence electrons. The van der Waals surface area contributed by atoms with Crippen molar-refractivity contribution in [1.82, 2.24) is 9.97 Å². The first-order valence-electron chi connectivity index (χ1n) is 9.85. The molecular formula is C24H23N3O2S. The van der Waals surface area contributed by atoms with Crippen molar-refractivity contribution < 1.29 is 9.21 Å². The predicted octanol–water partition coefficient (Wildman–Crippen LogP) is 6.20. The Bertz CT molecular complexity index is 1190. The summed E-state index contributed by atoms with van der Waals surface area (Å²) in [7, 11) is 0. The van der Waals surface area contributed by atoms with E-state index in [-0.39, 0.29) is 5.91 Å². The minimum atomic E-state index is -0.244. The van der Waals surface area contributed by atoms with Gasteiger partial charge >= 0.3 is 0 Å². The molecule has 0 saturated heterocycles. The summed E-state index contributed by atoms with van der Waals surface area (Å²) in [6.45, 7) is 6.24. The maximum Gasteiger partial charge on any atom is 0.291 e. The van der Waals surface area contributed by atoms with Crippen LogP contribution in [0.4, 0.5) is 5.69 Å². The van der Waals surface area contributed by atoms with Gasteiger partial charge in [0.05, 0.1) is 0 Å². The van der Waals surface area contributed by atoms with Crippen molar-refractivity contribution in [3.8, 4) is 0 Å². The number of aryl methyl sites for hydroxylation is 1. The molecule has 4 aromatic rings. The van der Waals surface area contributed by atoms with Gasteiger partial charge in [-0.05, 0) is 36.1 Å². The number of fused-ring (bicyclic) bond motifs is 1. The largest absolute Gasteiger partial charge is 0.451 e. The summed E-state index contributed by atoms with van der Waals surface area (Å²) >= 11 is 1.48. The Morgan fingerprint density at radius 1 is 1.07 bits per heavy atom. The number of para-hydroxylation sites is 2. The first-order valence-corrected chi connectivity index (χ1v) is 10.8. The Labute approximate surface area is 179 Å². The average Bonchev–Trinajstić information content (AvgIpc) is 3.13. The Morgan fingerprint density at radius 2 is 1.83 bits per heavy atom. The molecule has 0 radical (unpaired) electrons. The van der Waals surface area contributed by atoms with Gasteiger partial charge in [0.1, 0.15) is 5.58 Å². The van der Waals surface area contributed by atoms with E-state index in [1.54, 1.807) is 18.5 Å². The van der Waals surface area contributed by atoms with Crippen molar-refractivity contribution >= 4 is 34.3 Å². The SMILES string of the molecule is Cc1cccc(C(C)C)c1NC(=O)c1oc2ccccc2c1CSc1ncccn1. The summed E-state index contributed by atoms with van der Waals surface area (Å²) in [6.07, 6.45) is 3.42. The molecule has 6 heteroatoms. The van der Waals surface area contributed by atoms with Gasteiger partial charge in [0, 0.05) is 34.8 Å². The Balaban J connectivity index is 1.69. The number of hydrogen-bond acceptors (Lipinski definition) is 5. The number of benzene rings is 2. The number of furan rings is 1. The molecule has 0 fully saturated rings. The van der Waals surface area contributed by atoms with Crippen LogP contribution >= 0.6 is 11.8 Å². The topological polar surface area (TPSA) is 68.0 Å². The fourth-order valence-electron chi connectivity index (χ4n) is 3.43. The Morgan fingerprint density at radius 3 is 2.60 bits per heavy atom. The fourth-order valence-corrected chi connectivity index (χ4v) is 4.27. The number of thioether (sulfide) groups is 1. The van der Waals surface area contributed by atoms with Crippen LogP contribution in [-0.2, 0) is 5.75 Å². The van der Waals surface area contributed by atoms with Gasteiger partial charge in [-0.1, -0.05) is 62.0 Å². The second-order valence-corrected chi connectivity index (χ2v) is 8.32. The normalized spacial score (nSPS) is 11.2. The molecule has 0 bridgehead atoms. The quantitative estimate of drug-likeness (QED) is 0.299. The van der Waals surface area contributed by atoms with Crippen LogP contribution in [0.15, 0.2) is 70.5 Å². The summed E-state index contributed by atoms with van der Waals surface area (Å²) in [5.74, 6) is 0.917. The molecule has 0 aliphatic heterocycles. The van der Waals surface area contributed by atoms with Crippen LogP contribution in [0.5, 0.6) is 0 Å². The fraction of sp³-hybridized carbons (Fsp3) is 0.208. The lowest BCUT2D eigenvalue weighted by atomic mass is 9.98. The smallest absolute Gasteiger partial charge is 0.291 e. The molecule has 2 aromatic carbocycles. The zero-order chi connectivity index (χ0) is 21.1. The molecule has 30 heavy (non-hydrogen) atoms. The lowest BCUT2D eigenvalue weighted by Crippen LogP contribution is -2.15. The van der Waals surface area contributed by atoms with Gasteiger partial charge in [-0.2, -0.15) is 0 Å². The molecule has 0 unspecified atom stereocenters. The van der Waals surface area contributed by atoms with E-state index in [1.807, 2.05) is 43.3 Å². The van der Waals surface area contributed by atoms with E-state index < -0.39 is 0 Å². The van der Waals surface area contributed by atoms with E-state index in [0.717, 1.165) is 27.8 Å². The van der Waals surface area contributed by atoms with E-state index in [0.29, 0.717) is 28.2 Å². The number of carbonyl (C=O) groups is 1. The highest BCUT2D eigenvalue weighted by atomic mass is 32.2. The van der Waals surface area contributed by atoms with E-state index in [9.17, 15) is 4.79 Å².